The summed E-state index contributed by atoms with van der Waals surface area (Å²) in [6, 6.07) is 56.0. The molecule has 10 amide bonds. The van der Waals surface area contributed by atoms with E-state index in [-0.39, 0.29) is 77.7 Å². The first-order valence-corrected chi connectivity index (χ1v) is 49.0. The number of nitrogens with one attached hydrogen (secondary N) is 9. The normalized spacial score (nSPS) is 17.0. The van der Waals surface area contributed by atoms with Crippen LogP contribution in [-0.2, 0) is 54.6 Å². The van der Waals surface area contributed by atoms with E-state index in [1.165, 1.54) is 31.2 Å². The number of benzene rings is 10. The Labute approximate surface area is 840 Å². The molecule has 37 heteroatoms. The molecule has 8 aliphatic rings. The zero-order chi connectivity index (χ0) is 102. The number of H-pyrrole nitrogens is 2. The number of nitrogens with zero attached hydrogens (tertiary/aromatic N) is 10. The maximum atomic E-state index is 14.2. The number of carbonyl (C=O) groups excluding carboxylic acids is 10. The van der Waals surface area contributed by atoms with Crippen LogP contribution in [0.3, 0.4) is 0 Å². The summed E-state index contributed by atoms with van der Waals surface area (Å²) >= 11 is 0. The molecule has 33 nitrogen and oxygen atoms in total. The first-order valence-electron chi connectivity index (χ1n) is 49.0. The number of halogens is 4. The van der Waals surface area contributed by atoms with Crippen molar-refractivity contribution >= 4 is 127 Å². The van der Waals surface area contributed by atoms with Gasteiger partial charge in [-0.1, -0.05) is 43.3 Å². The highest BCUT2D eigenvalue weighted by atomic mass is 19.1. The van der Waals surface area contributed by atoms with Crippen molar-refractivity contribution in [3.8, 4) is 17.6 Å². The number of hydrogen-bond acceptors (Lipinski definition) is 25. The van der Waals surface area contributed by atoms with Crippen LogP contribution in [0.4, 0.5) is 63.3 Å². The number of methoxy groups -OCH3 is 2. The lowest BCUT2D eigenvalue weighted by Crippen LogP contribution is -2.54. The first kappa shape index (κ1) is 102. The molecule has 2 aromatic heterocycles. The number of ether oxygens (including phenoxy) is 4. The third-order valence-corrected chi connectivity index (χ3v) is 27.1. The second-order valence-corrected chi connectivity index (χ2v) is 36.9. The molecule has 9 N–H and O–H groups in total. The van der Waals surface area contributed by atoms with Crippen LogP contribution in [0.1, 0.15) is 167 Å². The fourth-order valence-corrected chi connectivity index (χ4v) is 19.5. The van der Waals surface area contributed by atoms with E-state index in [9.17, 15) is 65.5 Å². The Kier molecular flexibility index (Phi) is 32.5. The van der Waals surface area contributed by atoms with Crippen molar-refractivity contribution in [2.75, 3.05) is 154 Å². The minimum Gasteiger partial charge on any atom is -0.497 e. The Hall–Kier alpha value is -15.9. The smallest absolute Gasteiger partial charge is 0.262 e. The number of fused-ring (bicyclic) bond motifs is 4. The van der Waals surface area contributed by atoms with Gasteiger partial charge in [0.2, 0.25) is 23.6 Å². The highest BCUT2D eigenvalue weighted by Crippen LogP contribution is 2.38. The summed E-state index contributed by atoms with van der Waals surface area (Å²) in [6.45, 7) is 16.0. The number of nitriles is 1. The Morgan fingerprint density at radius 1 is 0.459 bits per heavy atom. The molecule has 0 saturated carbocycles. The van der Waals surface area contributed by atoms with E-state index in [1.807, 2.05) is 127 Å². The first-order chi connectivity index (χ1) is 70.8. The number of aromatic nitrogens is 4. The van der Waals surface area contributed by atoms with Crippen molar-refractivity contribution in [2.24, 2.45) is 0 Å². The largest absolute Gasteiger partial charge is 0.497 e. The number of piperazine rings is 2. The van der Waals surface area contributed by atoms with Gasteiger partial charge in [0.15, 0.2) is 11.6 Å². The van der Waals surface area contributed by atoms with Crippen molar-refractivity contribution < 1.29 is 84.5 Å². The molecular formula is C109H113F4N19O14. The topological polar surface area (TPSA) is 396 Å². The number of piperidine rings is 2. The number of amides is 10. The van der Waals surface area contributed by atoms with E-state index >= 15 is 0 Å². The van der Waals surface area contributed by atoms with Crippen LogP contribution in [0, 0.1) is 34.6 Å². The summed E-state index contributed by atoms with van der Waals surface area (Å²) < 4.78 is 77.1. The molecule has 8 aliphatic heterocycles. The van der Waals surface area contributed by atoms with Crippen LogP contribution in [0.5, 0.6) is 11.5 Å². The molecule has 0 radical (unpaired) electrons. The zero-order valence-corrected chi connectivity index (χ0v) is 81.3. The minimum atomic E-state index is -1.05. The van der Waals surface area contributed by atoms with Gasteiger partial charge in [0.25, 0.3) is 35.4 Å². The van der Waals surface area contributed by atoms with Crippen LogP contribution in [0.15, 0.2) is 194 Å². The predicted molar refractivity (Wildman–Crippen MR) is 544 cm³/mol. The molecule has 10 aromatic carbocycles. The molecule has 0 aliphatic carbocycles. The predicted octanol–water partition coefficient (Wildman–Crippen LogP) is 14.2. The van der Waals surface area contributed by atoms with Crippen molar-refractivity contribution in [3.05, 3.63) is 284 Å². The molecule has 12 aromatic rings. The lowest BCUT2D eigenvalue weighted by atomic mass is 10.0. The van der Waals surface area contributed by atoms with Crippen molar-refractivity contribution in [1.29, 1.82) is 5.26 Å². The van der Waals surface area contributed by atoms with Gasteiger partial charge in [-0.15, -0.1) is 0 Å². The molecule has 756 valence electrons. The van der Waals surface area contributed by atoms with Gasteiger partial charge >= 0.3 is 0 Å². The average molecular weight is 1990 g/mol. The van der Waals surface area contributed by atoms with Crippen molar-refractivity contribution in [1.82, 2.24) is 51.0 Å². The molecule has 10 heterocycles. The summed E-state index contributed by atoms with van der Waals surface area (Å²) in [6.07, 6.45) is 5.24. The summed E-state index contributed by atoms with van der Waals surface area (Å²) in [5.41, 5.74) is 13.4. The van der Waals surface area contributed by atoms with E-state index < -0.39 is 76.7 Å². The fourth-order valence-electron chi connectivity index (χ4n) is 19.5. The van der Waals surface area contributed by atoms with Gasteiger partial charge in [-0.3, -0.25) is 83.5 Å². The second kappa shape index (κ2) is 46.6. The Balaban J connectivity index is 0.000000163. The molecule has 2 atom stereocenters. The van der Waals surface area contributed by atoms with E-state index in [1.54, 1.807) is 44.6 Å². The highest BCUT2D eigenvalue weighted by Gasteiger charge is 2.47. The van der Waals surface area contributed by atoms with Crippen LogP contribution >= 0.6 is 0 Å². The van der Waals surface area contributed by atoms with Gasteiger partial charge in [-0.05, 0) is 237 Å². The third-order valence-electron chi connectivity index (χ3n) is 27.1. The van der Waals surface area contributed by atoms with Crippen molar-refractivity contribution in [2.45, 2.75) is 122 Å². The second-order valence-electron chi connectivity index (χ2n) is 36.9. The number of hydrogen-bond donors (Lipinski definition) is 9. The summed E-state index contributed by atoms with van der Waals surface area (Å²) in [4.78, 5) is 143. The lowest BCUT2D eigenvalue weighted by molar-refractivity contribution is -0.137. The van der Waals surface area contributed by atoms with Gasteiger partial charge in [0.05, 0.1) is 64.7 Å². The monoisotopic (exact) mass is 1990 g/mol. The lowest BCUT2D eigenvalue weighted by Gasteiger charge is -2.37. The van der Waals surface area contributed by atoms with E-state index in [0.717, 1.165) is 186 Å². The Morgan fingerprint density at radius 2 is 0.856 bits per heavy atom. The molecule has 146 heavy (non-hydrogen) atoms. The van der Waals surface area contributed by atoms with Crippen LogP contribution in [-0.4, -0.2) is 231 Å². The van der Waals surface area contributed by atoms with Gasteiger partial charge in [0.1, 0.15) is 46.9 Å². The zero-order valence-electron chi connectivity index (χ0n) is 81.3. The number of rotatable bonds is 29. The summed E-state index contributed by atoms with van der Waals surface area (Å²) in [5, 5.41) is 44.5. The quantitative estimate of drug-likeness (QED) is 0.0155. The standard InChI is InChI=1S/C53H53F2N9O7.C30H32F2N6O2.C24H25N3O5.C2H3N/c1-70-40-7-2-32(3-8-40)31-63(38-5-9-41-43(29-38)53(69)64(52(41)68)47-12-13-48(65)57-51(47)67)21-18-61-16-19-62(20-17-61)39-6-10-42(46(30-39)56-37-14-22-71-23-15-37)50(66)58-49-44-27-33(4-11-45(44)59-60-49)24-34-25-35(54)28-36(55)26-34;31-21-14-20(15-22(32)17-21)13-19-1-4-27-26(16-19)29(37-36-27)35-30(39)25-3-2-24(38-9-7-33-8-10-38)18-28(25)34-23-5-11-40-12-6-23;1-3-12-26(14-15-4-7-17(32-2)8-5-15)16-6-9-18-19(13-16)24(31)27(23(18)30)20-10-11-21(28)25-22(20)29;1-2-3/h2-11,25-30,37,47,56H,12-24,31H2,1H3,(H,57,65,67)(H2,58,59,60,66);1-4,14-18,23,33-34H,5-13H2,(H2,35,36,37,39);4-9,13,20H,3,10-12,14H2,1-2H3,(H,25,28,29);1H3. The third kappa shape index (κ3) is 24.2. The van der Waals surface area contributed by atoms with Crippen LogP contribution in [0.25, 0.3) is 21.8 Å². The van der Waals surface area contributed by atoms with Crippen LogP contribution < -0.4 is 66.3 Å². The molecular weight excluding hydrogens is 1880 g/mol. The Morgan fingerprint density at radius 3 is 1.26 bits per heavy atom. The summed E-state index contributed by atoms with van der Waals surface area (Å²) in [5.74, 6) is -5.04. The van der Waals surface area contributed by atoms with E-state index in [2.05, 4.69) is 95.1 Å². The molecule has 20 rings (SSSR count). The molecule has 0 bridgehead atoms. The van der Waals surface area contributed by atoms with Crippen LogP contribution in [0.2, 0.25) is 0 Å². The van der Waals surface area contributed by atoms with E-state index in [0.29, 0.717) is 116 Å². The van der Waals surface area contributed by atoms with Gasteiger partial charge < -0.3 is 65.1 Å². The minimum absolute atomic E-state index is 0.0432. The molecule has 6 fully saturated rings. The fraction of sp³-hybridized carbons (Fsp3) is 0.330. The molecule has 2 unspecified atom stereocenters. The number of anilines is 8. The maximum Gasteiger partial charge on any atom is 0.262 e. The maximum absolute atomic E-state index is 14.2. The molecule has 0 spiro atoms. The highest BCUT2D eigenvalue weighted by molar-refractivity contribution is 6.25. The number of imide groups is 4. The van der Waals surface area contributed by atoms with E-state index in [4.69, 9.17) is 24.2 Å². The van der Waals surface area contributed by atoms with Crippen molar-refractivity contribution in [3.63, 3.8) is 0 Å². The van der Waals surface area contributed by atoms with Gasteiger partial charge in [-0.2, -0.15) is 15.5 Å². The number of aromatic amines is 2. The van der Waals surface area contributed by atoms with Gasteiger partial charge in [-0.25, -0.2) is 17.6 Å². The van der Waals surface area contributed by atoms with Gasteiger partial charge in [0, 0.05) is 200 Å². The Bertz CT molecular complexity index is 6890. The number of carbonyl (C=O) groups is 10. The molecule has 6 saturated heterocycles. The average Bonchev–Trinajstić information content (AvgIpc) is 1.60. The summed E-state index contributed by atoms with van der Waals surface area (Å²) in [7, 11) is 3.24. The SMILES string of the molecule is CC#N.CCCN(Cc1ccc(OC)cc1)c1ccc2c(c1)C(=O)N(C1CCC(=O)NC1=O)C2=O.COc1ccc(CN(CCN2CCN(c3ccc(C(=O)Nc4n[nH]c5ccc(Cc6cc(F)cc(F)c6)cc45)c(NC4CCOCC4)c3)CC2)c2ccc3c(c2)C(=O)N(C2CCC(=O)NC2=O)C3=O)cc1.O=C(Nc1n[nH]c2ccc(Cc3cc(F)cc(F)c3)cc12)c1ccc(N2CCNCC2)cc1NC1CCOCC1.